The normalized spacial score (nSPS) is 12.1. The Hall–Kier alpha value is -2.91. The van der Waals surface area contributed by atoms with Gasteiger partial charge in [0.2, 0.25) is 10.0 Å². The standard InChI is InChI=1S/C19H22N2O6S/c1-13-8-10-15(11-9-13)28(24,25)20-12-18(22)27-14(2)19(23)21-16-6-4-5-7-17(16)26-3/h4-11,14,20H,12H2,1-3H3,(H,21,23)/t14-/m1/s1. The molecule has 0 aromatic heterocycles. The van der Waals surface area contributed by atoms with Crippen molar-refractivity contribution in [3.05, 3.63) is 54.1 Å². The summed E-state index contributed by atoms with van der Waals surface area (Å²) in [7, 11) is -2.39. The molecule has 28 heavy (non-hydrogen) atoms. The van der Waals surface area contributed by atoms with Gasteiger partial charge in [0.25, 0.3) is 5.91 Å². The highest BCUT2D eigenvalue weighted by molar-refractivity contribution is 7.89. The SMILES string of the molecule is COc1ccccc1NC(=O)[C@@H](C)OC(=O)CNS(=O)(=O)c1ccc(C)cc1. The highest BCUT2D eigenvalue weighted by atomic mass is 32.2. The summed E-state index contributed by atoms with van der Waals surface area (Å²) >= 11 is 0. The molecule has 0 spiro atoms. The molecule has 0 aliphatic rings. The summed E-state index contributed by atoms with van der Waals surface area (Å²) in [5, 5.41) is 2.59. The number of hydrogen-bond donors (Lipinski definition) is 2. The molecule has 0 saturated heterocycles. The predicted octanol–water partition coefficient (Wildman–Crippen LogP) is 1.85. The smallest absolute Gasteiger partial charge is 0.321 e. The summed E-state index contributed by atoms with van der Waals surface area (Å²) in [6.07, 6.45) is -1.12. The summed E-state index contributed by atoms with van der Waals surface area (Å²) in [6, 6.07) is 13.0. The number of ether oxygens (including phenoxy) is 2. The van der Waals surface area contributed by atoms with Gasteiger partial charge in [0.15, 0.2) is 6.10 Å². The Morgan fingerprint density at radius 1 is 1.07 bits per heavy atom. The van der Waals surface area contributed by atoms with Crippen LogP contribution in [0.1, 0.15) is 12.5 Å². The van der Waals surface area contributed by atoms with Gasteiger partial charge in [-0.3, -0.25) is 9.59 Å². The van der Waals surface area contributed by atoms with Crippen LogP contribution in [0.15, 0.2) is 53.4 Å². The maximum atomic E-state index is 12.2. The molecule has 0 aliphatic carbocycles. The molecule has 0 radical (unpaired) electrons. The van der Waals surface area contributed by atoms with E-state index in [4.69, 9.17) is 9.47 Å². The lowest BCUT2D eigenvalue weighted by molar-refractivity contribution is -0.151. The number of aryl methyl sites for hydroxylation is 1. The number of esters is 1. The van der Waals surface area contributed by atoms with E-state index in [9.17, 15) is 18.0 Å². The molecule has 0 fully saturated rings. The summed E-state index contributed by atoms with van der Waals surface area (Å²) < 4.78 is 36.6. The molecular formula is C19H22N2O6S. The number of rotatable bonds is 8. The van der Waals surface area contributed by atoms with Crippen molar-refractivity contribution >= 4 is 27.6 Å². The van der Waals surface area contributed by atoms with Crippen molar-refractivity contribution in [1.29, 1.82) is 0 Å². The highest BCUT2D eigenvalue weighted by Crippen LogP contribution is 2.23. The van der Waals surface area contributed by atoms with E-state index in [2.05, 4.69) is 10.0 Å². The van der Waals surface area contributed by atoms with Crippen LogP contribution >= 0.6 is 0 Å². The van der Waals surface area contributed by atoms with Gasteiger partial charge in [0, 0.05) is 0 Å². The zero-order valence-electron chi connectivity index (χ0n) is 15.8. The second-order valence-corrected chi connectivity index (χ2v) is 7.73. The van der Waals surface area contributed by atoms with Crippen molar-refractivity contribution < 1.29 is 27.5 Å². The lowest BCUT2D eigenvalue weighted by atomic mass is 10.2. The number of amides is 1. The van der Waals surface area contributed by atoms with Gasteiger partial charge in [-0.25, -0.2) is 8.42 Å². The first-order valence-electron chi connectivity index (χ1n) is 8.42. The molecule has 0 unspecified atom stereocenters. The van der Waals surface area contributed by atoms with Crippen molar-refractivity contribution in [2.24, 2.45) is 0 Å². The Morgan fingerprint density at radius 2 is 1.71 bits per heavy atom. The molecule has 8 nitrogen and oxygen atoms in total. The van der Waals surface area contributed by atoms with Gasteiger partial charge in [-0.1, -0.05) is 29.8 Å². The molecule has 0 bridgehead atoms. The highest BCUT2D eigenvalue weighted by Gasteiger charge is 2.21. The minimum Gasteiger partial charge on any atom is -0.495 e. The number of carbonyl (C=O) groups excluding carboxylic acids is 2. The third kappa shape index (κ3) is 5.80. The first kappa shape index (κ1) is 21.4. The van der Waals surface area contributed by atoms with Crippen molar-refractivity contribution in [3.63, 3.8) is 0 Å². The van der Waals surface area contributed by atoms with E-state index >= 15 is 0 Å². The molecule has 0 heterocycles. The number of hydrogen-bond acceptors (Lipinski definition) is 6. The van der Waals surface area contributed by atoms with Crippen molar-refractivity contribution in [2.45, 2.75) is 24.8 Å². The van der Waals surface area contributed by atoms with Crippen LogP contribution in [0.25, 0.3) is 0 Å². The second kappa shape index (κ2) is 9.34. The number of para-hydroxylation sites is 2. The number of methoxy groups -OCH3 is 1. The first-order chi connectivity index (χ1) is 13.2. The Labute approximate surface area is 163 Å². The van der Waals surface area contributed by atoms with Crippen LogP contribution < -0.4 is 14.8 Å². The van der Waals surface area contributed by atoms with E-state index in [1.807, 2.05) is 6.92 Å². The van der Waals surface area contributed by atoms with E-state index in [1.165, 1.54) is 26.2 Å². The molecule has 2 N–H and O–H groups in total. The van der Waals surface area contributed by atoms with Gasteiger partial charge in [0.1, 0.15) is 12.3 Å². The summed E-state index contributed by atoms with van der Waals surface area (Å²) in [5.74, 6) is -0.988. The lowest BCUT2D eigenvalue weighted by Gasteiger charge is -2.15. The van der Waals surface area contributed by atoms with Crippen molar-refractivity contribution in [2.75, 3.05) is 19.0 Å². The Balaban J connectivity index is 1.89. The zero-order valence-corrected chi connectivity index (χ0v) is 16.6. The van der Waals surface area contributed by atoms with Gasteiger partial charge in [0.05, 0.1) is 17.7 Å². The molecule has 2 aromatic carbocycles. The number of anilines is 1. The fourth-order valence-electron chi connectivity index (χ4n) is 2.23. The predicted molar refractivity (Wildman–Crippen MR) is 104 cm³/mol. The van der Waals surface area contributed by atoms with Crippen molar-refractivity contribution in [1.82, 2.24) is 4.72 Å². The van der Waals surface area contributed by atoms with E-state index in [0.29, 0.717) is 11.4 Å². The van der Waals surface area contributed by atoms with Crippen LogP contribution in [0.5, 0.6) is 5.75 Å². The molecule has 0 saturated carbocycles. The van der Waals surface area contributed by atoms with Crippen LogP contribution in [0.3, 0.4) is 0 Å². The van der Waals surface area contributed by atoms with Crippen LogP contribution in [-0.4, -0.2) is 40.1 Å². The number of carbonyl (C=O) groups is 2. The fourth-order valence-corrected chi connectivity index (χ4v) is 3.20. The molecule has 1 atom stereocenters. The topological polar surface area (TPSA) is 111 Å². The second-order valence-electron chi connectivity index (χ2n) is 5.96. The van der Waals surface area contributed by atoms with E-state index < -0.39 is 34.5 Å². The first-order valence-corrected chi connectivity index (χ1v) is 9.91. The zero-order chi connectivity index (χ0) is 20.7. The van der Waals surface area contributed by atoms with Gasteiger partial charge in [-0.15, -0.1) is 0 Å². The molecule has 2 rings (SSSR count). The monoisotopic (exact) mass is 406 g/mol. The number of benzene rings is 2. The average Bonchev–Trinajstić information content (AvgIpc) is 2.67. The van der Waals surface area contributed by atoms with Gasteiger partial charge in [-0.05, 0) is 38.1 Å². The van der Waals surface area contributed by atoms with E-state index in [0.717, 1.165) is 5.56 Å². The van der Waals surface area contributed by atoms with E-state index in [1.54, 1.807) is 36.4 Å². The third-order valence-corrected chi connectivity index (χ3v) is 5.20. The maximum Gasteiger partial charge on any atom is 0.321 e. The maximum absolute atomic E-state index is 12.2. The summed E-state index contributed by atoms with van der Waals surface area (Å²) in [4.78, 5) is 24.1. The van der Waals surface area contributed by atoms with Crippen LogP contribution in [0.4, 0.5) is 5.69 Å². The Bertz CT molecular complexity index is 941. The Kier molecular flexibility index (Phi) is 7.13. The number of nitrogens with one attached hydrogen (secondary N) is 2. The van der Waals surface area contributed by atoms with Gasteiger partial charge >= 0.3 is 5.97 Å². The van der Waals surface area contributed by atoms with Crippen LogP contribution in [0.2, 0.25) is 0 Å². The minimum atomic E-state index is -3.85. The van der Waals surface area contributed by atoms with E-state index in [-0.39, 0.29) is 4.90 Å². The van der Waals surface area contributed by atoms with Gasteiger partial charge in [-0.2, -0.15) is 4.72 Å². The third-order valence-electron chi connectivity index (χ3n) is 3.78. The molecule has 9 heteroatoms. The van der Waals surface area contributed by atoms with Crippen LogP contribution in [0, 0.1) is 6.92 Å². The Morgan fingerprint density at radius 3 is 2.36 bits per heavy atom. The summed E-state index contributed by atoms with van der Waals surface area (Å²) in [6.45, 7) is 2.62. The molecule has 2 aromatic rings. The lowest BCUT2D eigenvalue weighted by Crippen LogP contribution is -2.35. The summed E-state index contributed by atoms with van der Waals surface area (Å²) in [5.41, 5.74) is 1.34. The molecular weight excluding hydrogens is 384 g/mol. The quantitative estimate of drug-likeness (QED) is 0.648. The minimum absolute atomic E-state index is 0.0351. The molecule has 150 valence electrons. The van der Waals surface area contributed by atoms with Gasteiger partial charge < -0.3 is 14.8 Å². The van der Waals surface area contributed by atoms with Crippen molar-refractivity contribution in [3.8, 4) is 5.75 Å². The largest absolute Gasteiger partial charge is 0.495 e. The molecule has 0 aliphatic heterocycles. The average molecular weight is 406 g/mol. The van der Waals surface area contributed by atoms with Crippen LogP contribution in [-0.2, 0) is 24.3 Å². The molecule has 1 amide bonds. The number of sulfonamides is 1. The fraction of sp³-hybridized carbons (Fsp3) is 0.263.